The number of hydrogen-bond acceptors (Lipinski definition) is 4. The minimum atomic E-state index is 0.254. The fourth-order valence-corrected chi connectivity index (χ4v) is 1.71. The Bertz CT molecular complexity index is 129. The lowest BCUT2D eigenvalue weighted by molar-refractivity contribution is -0.0337. The molecule has 3 N–H and O–H groups in total. The van der Waals surface area contributed by atoms with Crippen LogP contribution in [0.1, 0.15) is 26.7 Å². The molecule has 0 aliphatic rings. The van der Waals surface area contributed by atoms with Crippen molar-refractivity contribution in [3.8, 4) is 0 Å². The highest BCUT2D eigenvalue weighted by Crippen LogP contribution is 2.05. The molecule has 0 amide bonds. The summed E-state index contributed by atoms with van der Waals surface area (Å²) in [6.07, 6.45) is 2.45. The normalized spacial score (nSPS) is 13.4. The molecule has 0 aromatic rings. The van der Waals surface area contributed by atoms with Gasteiger partial charge in [-0.1, -0.05) is 13.8 Å². The average Bonchev–Trinajstić information content (AvgIpc) is 2.26. The van der Waals surface area contributed by atoms with Crippen molar-refractivity contribution in [2.24, 2.45) is 5.73 Å². The summed E-state index contributed by atoms with van der Waals surface area (Å²) in [5.41, 5.74) is 5.42. The van der Waals surface area contributed by atoms with Crippen molar-refractivity contribution in [1.29, 1.82) is 0 Å². The van der Waals surface area contributed by atoms with Crippen LogP contribution in [-0.4, -0.2) is 51.0 Å². The molecule has 0 heterocycles. The van der Waals surface area contributed by atoms with Crippen LogP contribution in [0.15, 0.2) is 0 Å². The fraction of sp³-hybridized carbons (Fsp3) is 1.00. The number of nitrogens with zero attached hydrogens (tertiary/aromatic N) is 1. The van der Waals surface area contributed by atoms with Gasteiger partial charge >= 0.3 is 0 Å². The first kappa shape index (κ1) is 14.8. The summed E-state index contributed by atoms with van der Waals surface area (Å²) >= 11 is 0. The second-order valence-electron chi connectivity index (χ2n) is 3.67. The number of ether oxygens (including phenoxy) is 1. The van der Waals surface area contributed by atoms with Crippen molar-refractivity contribution >= 4 is 0 Å². The third-order valence-corrected chi connectivity index (χ3v) is 2.44. The second kappa shape index (κ2) is 10.4. The molecule has 0 radical (unpaired) electrons. The number of hydrogen-bond donors (Lipinski definition) is 2. The van der Waals surface area contributed by atoms with E-state index in [0.29, 0.717) is 6.54 Å². The molecule has 0 spiro atoms. The monoisotopic (exact) mass is 217 g/mol. The van der Waals surface area contributed by atoms with E-state index in [2.05, 4.69) is 24.1 Å². The van der Waals surface area contributed by atoms with E-state index in [1.165, 1.54) is 0 Å². The van der Waals surface area contributed by atoms with Gasteiger partial charge in [0.2, 0.25) is 0 Å². The zero-order valence-corrected chi connectivity index (χ0v) is 10.5. The molecule has 0 bridgehead atoms. The lowest BCUT2D eigenvalue weighted by Gasteiger charge is -2.29. The molecular weight excluding hydrogens is 190 g/mol. The molecule has 92 valence electrons. The first-order valence-corrected chi connectivity index (χ1v) is 5.97. The third kappa shape index (κ3) is 6.84. The summed E-state index contributed by atoms with van der Waals surface area (Å²) in [7, 11) is 1.78. The van der Waals surface area contributed by atoms with E-state index in [1.807, 2.05) is 0 Å². The fourth-order valence-electron chi connectivity index (χ4n) is 1.71. The van der Waals surface area contributed by atoms with Gasteiger partial charge in [-0.05, 0) is 12.8 Å². The highest BCUT2D eigenvalue weighted by molar-refractivity contribution is 4.63. The average molecular weight is 217 g/mol. The minimum Gasteiger partial charge on any atom is -0.366 e. The van der Waals surface area contributed by atoms with Gasteiger partial charge in [0.15, 0.2) is 0 Å². The Balaban J connectivity index is 3.80. The van der Waals surface area contributed by atoms with Gasteiger partial charge in [-0.25, -0.2) is 0 Å². The lowest BCUT2D eigenvalue weighted by Crippen LogP contribution is -2.41. The summed E-state index contributed by atoms with van der Waals surface area (Å²) in [6.45, 7) is 9.06. The quantitative estimate of drug-likeness (QED) is 0.416. The van der Waals surface area contributed by atoms with Crippen molar-refractivity contribution in [2.45, 2.75) is 32.9 Å². The van der Waals surface area contributed by atoms with Crippen LogP contribution in [0.25, 0.3) is 0 Å². The van der Waals surface area contributed by atoms with Crippen molar-refractivity contribution in [2.75, 3.05) is 39.8 Å². The van der Waals surface area contributed by atoms with Crippen molar-refractivity contribution in [1.82, 2.24) is 10.2 Å². The highest BCUT2D eigenvalue weighted by Gasteiger charge is 2.13. The van der Waals surface area contributed by atoms with Crippen molar-refractivity contribution in [3.63, 3.8) is 0 Å². The number of methoxy groups -OCH3 is 1. The van der Waals surface area contributed by atoms with E-state index >= 15 is 0 Å². The molecule has 0 fully saturated rings. The molecule has 0 aliphatic heterocycles. The van der Waals surface area contributed by atoms with Crippen LogP contribution in [0.3, 0.4) is 0 Å². The Morgan fingerprint density at radius 1 is 1.27 bits per heavy atom. The molecule has 0 saturated heterocycles. The largest absolute Gasteiger partial charge is 0.366 e. The molecule has 0 aliphatic carbocycles. The van der Waals surface area contributed by atoms with E-state index in [9.17, 15) is 0 Å². The lowest BCUT2D eigenvalue weighted by atomic mass is 10.3. The Morgan fingerprint density at radius 2 is 2.00 bits per heavy atom. The van der Waals surface area contributed by atoms with Crippen molar-refractivity contribution in [3.05, 3.63) is 0 Å². The Labute approximate surface area is 94.2 Å². The summed E-state index contributed by atoms with van der Waals surface area (Å²) in [4.78, 5) is 2.38. The topological polar surface area (TPSA) is 50.5 Å². The Hall–Kier alpha value is -0.160. The smallest absolute Gasteiger partial charge is 0.109 e. The van der Waals surface area contributed by atoms with Crippen molar-refractivity contribution < 1.29 is 4.74 Å². The first-order valence-electron chi connectivity index (χ1n) is 5.97. The molecule has 0 saturated carbocycles. The predicted octanol–water partition coefficient (Wildman–Crippen LogP) is 0.629. The predicted molar refractivity (Wildman–Crippen MR) is 64.9 cm³/mol. The summed E-state index contributed by atoms with van der Waals surface area (Å²) in [6, 6.07) is 0. The molecule has 1 atom stereocenters. The van der Waals surface area contributed by atoms with Gasteiger partial charge in [0.25, 0.3) is 0 Å². The zero-order valence-electron chi connectivity index (χ0n) is 10.5. The summed E-state index contributed by atoms with van der Waals surface area (Å²) < 4.78 is 5.44. The van der Waals surface area contributed by atoms with E-state index in [1.54, 1.807) is 7.11 Å². The van der Waals surface area contributed by atoms with E-state index in [4.69, 9.17) is 10.5 Å². The molecular formula is C11H27N3O. The maximum atomic E-state index is 5.44. The van der Waals surface area contributed by atoms with Crippen LogP contribution in [0, 0.1) is 0 Å². The van der Waals surface area contributed by atoms with Gasteiger partial charge in [-0.2, -0.15) is 0 Å². The van der Waals surface area contributed by atoms with Gasteiger partial charge in [0.05, 0.1) is 0 Å². The molecule has 0 aromatic heterocycles. The SMILES string of the molecule is CCCN(CCNCCN)C(CC)OC. The van der Waals surface area contributed by atoms with Crippen LogP contribution < -0.4 is 11.1 Å². The van der Waals surface area contributed by atoms with Crippen LogP contribution in [0.2, 0.25) is 0 Å². The van der Waals surface area contributed by atoms with Gasteiger partial charge in [0, 0.05) is 39.8 Å². The second-order valence-corrected chi connectivity index (χ2v) is 3.67. The molecule has 0 aromatic carbocycles. The van der Waals surface area contributed by atoms with Crippen LogP contribution in [-0.2, 0) is 4.74 Å². The van der Waals surface area contributed by atoms with E-state index < -0.39 is 0 Å². The zero-order chi connectivity index (χ0) is 11.5. The van der Waals surface area contributed by atoms with Gasteiger partial charge in [-0.15, -0.1) is 0 Å². The minimum absolute atomic E-state index is 0.254. The van der Waals surface area contributed by atoms with Crippen LogP contribution in [0.4, 0.5) is 0 Å². The van der Waals surface area contributed by atoms with E-state index in [-0.39, 0.29) is 6.23 Å². The molecule has 0 rings (SSSR count). The maximum absolute atomic E-state index is 5.44. The summed E-state index contributed by atoms with van der Waals surface area (Å²) in [5, 5.41) is 3.30. The van der Waals surface area contributed by atoms with Crippen LogP contribution >= 0.6 is 0 Å². The third-order valence-electron chi connectivity index (χ3n) is 2.44. The molecule has 15 heavy (non-hydrogen) atoms. The summed E-state index contributed by atoms with van der Waals surface area (Å²) in [5.74, 6) is 0. The number of nitrogens with one attached hydrogen (secondary N) is 1. The number of nitrogens with two attached hydrogens (primary N) is 1. The maximum Gasteiger partial charge on any atom is 0.109 e. The first-order chi connectivity index (χ1) is 7.29. The van der Waals surface area contributed by atoms with Gasteiger partial charge in [-0.3, -0.25) is 4.90 Å². The Morgan fingerprint density at radius 3 is 2.47 bits per heavy atom. The van der Waals surface area contributed by atoms with Crippen LogP contribution in [0.5, 0.6) is 0 Å². The molecule has 4 nitrogen and oxygen atoms in total. The van der Waals surface area contributed by atoms with Gasteiger partial charge < -0.3 is 15.8 Å². The van der Waals surface area contributed by atoms with Gasteiger partial charge in [0.1, 0.15) is 6.23 Å². The number of rotatable bonds is 10. The molecule has 4 heteroatoms. The molecule has 1 unspecified atom stereocenters. The standard InChI is InChI=1S/C11H27N3O/c1-4-9-14(11(5-2)15-3)10-8-13-7-6-12/h11,13H,4-10,12H2,1-3H3. The highest BCUT2D eigenvalue weighted by atomic mass is 16.5. The van der Waals surface area contributed by atoms with E-state index in [0.717, 1.165) is 39.0 Å². The Kier molecular flexibility index (Phi) is 10.3.